The largest absolute Gasteiger partial charge is 0.496 e. The van der Waals surface area contributed by atoms with Crippen LogP contribution in [0.2, 0.25) is 0 Å². The normalized spacial score (nSPS) is 12.4. The van der Waals surface area contributed by atoms with Gasteiger partial charge in [0.15, 0.2) is 0 Å². The second-order valence-electron chi connectivity index (χ2n) is 4.83. The zero-order chi connectivity index (χ0) is 14.5. The van der Waals surface area contributed by atoms with E-state index in [1.165, 1.54) is 10.4 Å². The highest BCUT2D eigenvalue weighted by Crippen LogP contribution is 2.28. The number of aromatic nitrogens is 1. The summed E-state index contributed by atoms with van der Waals surface area (Å²) in [5.74, 6) is 0.932. The van der Waals surface area contributed by atoms with E-state index in [0.717, 1.165) is 29.4 Å². The molecule has 0 bridgehead atoms. The third-order valence-corrected chi connectivity index (χ3v) is 4.65. The van der Waals surface area contributed by atoms with Gasteiger partial charge in [0.2, 0.25) is 0 Å². The van der Waals surface area contributed by atoms with E-state index in [4.69, 9.17) is 9.72 Å². The van der Waals surface area contributed by atoms with Crippen LogP contribution in [-0.2, 0) is 6.42 Å². The molecule has 1 atom stereocenters. The number of methoxy groups -OCH3 is 1. The highest BCUT2D eigenvalue weighted by molar-refractivity contribution is 7.11. The van der Waals surface area contributed by atoms with E-state index < -0.39 is 0 Å². The van der Waals surface area contributed by atoms with Crippen molar-refractivity contribution in [2.75, 3.05) is 13.7 Å². The number of hydrogen-bond donors (Lipinski definition) is 1. The standard InChI is InChI=1S/C16H22N2OS/c1-5-17-11(2)16-12(3)18-15(20-16)10-13-8-6-7-9-14(13)19-4/h6-9,11,17H,5,10H2,1-4H3. The maximum atomic E-state index is 5.41. The van der Waals surface area contributed by atoms with Crippen molar-refractivity contribution in [2.45, 2.75) is 33.2 Å². The van der Waals surface area contributed by atoms with Crippen LogP contribution < -0.4 is 10.1 Å². The van der Waals surface area contributed by atoms with Crippen molar-refractivity contribution in [3.05, 3.63) is 45.4 Å². The molecule has 1 aromatic carbocycles. The van der Waals surface area contributed by atoms with E-state index in [0.29, 0.717) is 6.04 Å². The molecule has 2 rings (SSSR count). The van der Waals surface area contributed by atoms with Crippen LogP contribution in [0.15, 0.2) is 24.3 Å². The highest BCUT2D eigenvalue weighted by Gasteiger charge is 2.14. The summed E-state index contributed by atoms with van der Waals surface area (Å²) in [6.45, 7) is 7.38. The molecule has 108 valence electrons. The van der Waals surface area contributed by atoms with E-state index in [1.54, 1.807) is 18.4 Å². The molecule has 0 saturated heterocycles. The molecule has 0 amide bonds. The van der Waals surface area contributed by atoms with Crippen LogP contribution in [0.4, 0.5) is 0 Å². The van der Waals surface area contributed by atoms with Gasteiger partial charge in [-0.15, -0.1) is 11.3 Å². The van der Waals surface area contributed by atoms with Crippen LogP contribution in [-0.4, -0.2) is 18.6 Å². The number of ether oxygens (including phenoxy) is 1. The van der Waals surface area contributed by atoms with Crippen molar-refractivity contribution in [1.29, 1.82) is 0 Å². The lowest BCUT2D eigenvalue weighted by Crippen LogP contribution is -2.17. The Morgan fingerprint density at radius 3 is 2.80 bits per heavy atom. The van der Waals surface area contributed by atoms with Crippen molar-refractivity contribution in [3.8, 4) is 5.75 Å². The van der Waals surface area contributed by atoms with E-state index in [2.05, 4.69) is 32.2 Å². The van der Waals surface area contributed by atoms with Crippen LogP contribution >= 0.6 is 11.3 Å². The Balaban J connectivity index is 2.20. The van der Waals surface area contributed by atoms with Gasteiger partial charge < -0.3 is 10.1 Å². The summed E-state index contributed by atoms with van der Waals surface area (Å²) in [6.07, 6.45) is 0.828. The molecule has 2 aromatic rings. The summed E-state index contributed by atoms with van der Waals surface area (Å²) in [5, 5.41) is 4.59. The Kier molecular flexibility index (Phi) is 5.15. The van der Waals surface area contributed by atoms with Gasteiger partial charge in [0.1, 0.15) is 5.75 Å². The van der Waals surface area contributed by atoms with Gasteiger partial charge in [-0.3, -0.25) is 0 Å². The van der Waals surface area contributed by atoms with Crippen LogP contribution in [0.5, 0.6) is 5.75 Å². The second-order valence-corrected chi connectivity index (χ2v) is 5.94. The summed E-state index contributed by atoms with van der Waals surface area (Å²) >= 11 is 1.79. The molecule has 1 N–H and O–H groups in total. The monoisotopic (exact) mass is 290 g/mol. The predicted molar refractivity (Wildman–Crippen MR) is 84.7 cm³/mol. The number of rotatable bonds is 6. The molecule has 0 spiro atoms. The summed E-state index contributed by atoms with van der Waals surface area (Å²) in [7, 11) is 1.71. The highest BCUT2D eigenvalue weighted by atomic mass is 32.1. The van der Waals surface area contributed by atoms with Crippen LogP contribution in [0.25, 0.3) is 0 Å². The van der Waals surface area contributed by atoms with Gasteiger partial charge in [-0.25, -0.2) is 4.98 Å². The van der Waals surface area contributed by atoms with Crippen LogP contribution in [0.1, 0.15) is 41.0 Å². The van der Waals surface area contributed by atoms with E-state index >= 15 is 0 Å². The lowest BCUT2D eigenvalue weighted by molar-refractivity contribution is 0.410. The fourth-order valence-electron chi connectivity index (χ4n) is 2.35. The number of hydrogen-bond acceptors (Lipinski definition) is 4. The van der Waals surface area contributed by atoms with Crippen LogP contribution in [0, 0.1) is 6.92 Å². The molecule has 4 heteroatoms. The average molecular weight is 290 g/mol. The molecule has 1 aromatic heterocycles. The number of para-hydroxylation sites is 1. The first-order valence-corrected chi connectivity index (χ1v) is 7.78. The van der Waals surface area contributed by atoms with Gasteiger partial charge in [-0.05, 0) is 26.5 Å². The Labute approximate surface area is 125 Å². The first-order valence-electron chi connectivity index (χ1n) is 6.97. The Bertz CT molecular complexity index is 565. The lowest BCUT2D eigenvalue weighted by atomic mass is 10.1. The minimum Gasteiger partial charge on any atom is -0.496 e. The fourth-order valence-corrected chi connectivity index (χ4v) is 3.47. The third-order valence-electron chi connectivity index (χ3n) is 3.31. The Morgan fingerprint density at radius 1 is 1.35 bits per heavy atom. The summed E-state index contributed by atoms with van der Waals surface area (Å²) in [5.41, 5.74) is 2.32. The topological polar surface area (TPSA) is 34.1 Å². The fraction of sp³-hybridized carbons (Fsp3) is 0.438. The zero-order valence-corrected chi connectivity index (χ0v) is 13.4. The Morgan fingerprint density at radius 2 is 2.10 bits per heavy atom. The Hall–Kier alpha value is -1.39. The molecule has 1 unspecified atom stereocenters. The van der Waals surface area contributed by atoms with Crippen molar-refractivity contribution in [1.82, 2.24) is 10.3 Å². The van der Waals surface area contributed by atoms with Gasteiger partial charge in [0.05, 0.1) is 17.8 Å². The lowest BCUT2D eigenvalue weighted by Gasteiger charge is -2.10. The number of nitrogens with one attached hydrogen (secondary N) is 1. The quantitative estimate of drug-likeness (QED) is 0.880. The average Bonchev–Trinajstić information content (AvgIpc) is 2.80. The van der Waals surface area contributed by atoms with Gasteiger partial charge in [0.25, 0.3) is 0 Å². The third kappa shape index (κ3) is 3.38. The van der Waals surface area contributed by atoms with Gasteiger partial charge in [0, 0.05) is 22.9 Å². The van der Waals surface area contributed by atoms with E-state index in [1.807, 2.05) is 18.2 Å². The van der Waals surface area contributed by atoms with Crippen molar-refractivity contribution in [3.63, 3.8) is 0 Å². The maximum Gasteiger partial charge on any atom is 0.122 e. The molecule has 20 heavy (non-hydrogen) atoms. The smallest absolute Gasteiger partial charge is 0.122 e. The molecule has 0 aliphatic carbocycles. The molecular weight excluding hydrogens is 268 g/mol. The van der Waals surface area contributed by atoms with Gasteiger partial charge in [-0.1, -0.05) is 25.1 Å². The molecule has 0 fully saturated rings. The molecule has 0 aliphatic heterocycles. The number of aryl methyl sites for hydroxylation is 1. The number of thiazole rings is 1. The van der Waals surface area contributed by atoms with Gasteiger partial charge in [-0.2, -0.15) is 0 Å². The minimum atomic E-state index is 0.365. The summed E-state index contributed by atoms with van der Waals surface area (Å²) < 4.78 is 5.41. The van der Waals surface area contributed by atoms with Crippen LogP contribution in [0.3, 0.4) is 0 Å². The molecule has 1 heterocycles. The predicted octanol–water partition coefficient (Wildman–Crippen LogP) is 3.72. The maximum absolute atomic E-state index is 5.41. The first-order chi connectivity index (χ1) is 9.65. The SMILES string of the molecule is CCNC(C)c1sc(Cc2ccccc2OC)nc1C. The second kappa shape index (κ2) is 6.86. The van der Waals surface area contributed by atoms with Crippen molar-refractivity contribution >= 4 is 11.3 Å². The summed E-state index contributed by atoms with van der Waals surface area (Å²) in [4.78, 5) is 6.04. The minimum absolute atomic E-state index is 0.365. The van der Waals surface area contributed by atoms with Gasteiger partial charge >= 0.3 is 0 Å². The van der Waals surface area contributed by atoms with E-state index in [-0.39, 0.29) is 0 Å². The molecule has 3 nitrogen and oxygen atoms in total. The zero-order valence-electron chi connectivity index (χ0n) is 12.6. The summed E-state index contributed by atoms with van der Waals surface area (Å²) in [6, 6.07) is 8.50. The number of benzene rings is 1. The van der Waals surface area contributed by atoms with Crippen molar-refractivity contribution < 1.29 is 4.74 Å². The molecule has 0 aliphatic rings. The molecule has 0 saturated carbocycles. The molecular formula is C16H22N2OS. The van der Waals surface area contributed by atoms with Crippen molar-refractivity contribution in [2.24, 2.45) is 0 Å². The number of nitrogens with zero attached hydrogens (tertiary/aromatic N) is 1. The first kappa shape index (κ1) is 15.0. The van der Waals surface area contributed by atoms with E-state index in [9.17, 15) is 0 Å². The molecule has 0 radical (unpaired) electrons.